The van der Waals surface area contributed by atoms with Crippen molar-refractivity contribution in [2.24, 2.45) is 0 Å². The van der Waals surface area contributed by atoms with Gasteiger partial charge in [0.05, 0.1) is 11.2 Å². The minimum atomic E-state index is 1.10. The summed E-state index contributed by atoms with van der Waals surface area (Å²) in [4.78, 5) is 2.35. The van der Waals surface area contributed by atoms with Crippen molar-refractivity contribution in [3.63, 3.8) is 0 Å². The molecule has 0 amide bonds. The van der Waals surface area contributed by atoms with Crippen LogP contribution in [0.15, 0.2) is 218 Å². The molecule has 0 saturated carbocycles. The van der Waals surface area contributed by atoms with E-state index in [-0.39, 0.29) is 0 Å². The smallest absolute Gasteiger partial charge is 0.0540 e. The van der Waals surface area contributed by atoms with Gasteiger partial charge in [-0.25, -0.2) is 0 Å². The predicted octanol–water partition coefficient (Wildman–Crippen LogP) is 13.8. The normalized spacial score (nSPS) is 11.1. The third kappa shape index (κ3) is 6.08. The number of aromatic nitrogens is 1. The van der Waals surface area contributed by atoms with Crippen LogP contribution in [0.4, 0.5) is 17.1 Å². The van der Waals surface area contributed by atoms with E-state index in [9.17, 15) is 0 Å². The zero-order valence-corrected chi connectivity index (χ0v) is 28.7. The Bertz CT molecular complexity index is 2500. The molecule has 1 heterocycles. The van der Waals surface area contributed by atoms with E-state index in [0.29, 0.717) is 0 Å². The molecule has 0 aliphatic heterocycles. The molecule has 0 fully saturated rings. The van der Waals surface area contributed by atoms with Gasteiger partial charge < -0.3 is 9.47 Å². The van der Waals surface area contributed by atoms with Crippen LogP contribution in [0.2, 0.25) is 0 Å². The van der Waals surface area contributed by atoms with Gasteiger partial charge in [-0.2, -0.15) is 0 Å². The van der Waals surface area contributed by atoms with E-state index in [1.54, 1.807) is 0 Å². The summed E-state index contributed by atoms with van der Waals surface area (Å²) in [6, 6.07) is 78.3. The topological polar surface area (TPSA) is 8.17 Å². The Balaban J connectivity index is 1.13. The molecule has 9 rings (SSSR count). The van der Waals surface area contributed by atoms with Crippen LogP contribution in [-0.2, 0) is 0 Å². The number of hydrogen-bond acceptors (Lipinski definition) is 1. The first-order chi connectivity index (χ1) is 25.8. The van der Waals surface area contributed by atoms with Crippen molar-refractivity contribution in [1.29, 1.82) is 0 Å². The van der Waals surface area contributed by atoms with Crippen LogP contribution in [0.1, 0.15) is 0 Å². The lowest BCUT2D eigenvalue weighted by Gasteiger charge is -2.26. The van der Waals surface area contributed by atoms with Crippen LogP contribution in [0.25, 0.3) is 61.2 Å². The van der Waals surface area contributed by atoms with Crippen molar-refractivity contribution in [3.8, 4) is 50.3 Å². The van der Waals surface area contributed by atoms with Crippen molar-refractivity contribution < 1.29 is 0 Å². The van der Waals surface area contributed by atoms with Gasteiger partial charge in [0.25, 0.3) is 0 Å². The fourth-order valence-electron chi connectivity index (χ4n) is 7.22. The number of para-hydroxylation sites is 1. The molecule has 9 aromatic rings. The summed E-state index contributed by atoms with van der Waals surface area (Å²) in [6.07, 6.45) is 0. The highest BCUT2D eigenvalue weighted by Gasteiger charge is 2.16. The predicted molar refractivity (Wildman–Crippen MR) is 220 cm³/mol. The average molecular weight is 665 g/mol. The summed E-state index contributed by atoms with van der Waals surface area (Å²) in [5.41, 5.74) is 15.1. The van der Waals surface area contributed by atoms with E-state index >= 15 is 0 Å². The minimum Gasteiger partial charge on any atom is -0.310 e. The van der Waals surface area contributed by atoms with Gasteiger partial charge in [0.1, 0.15) is 0 Å². The van der Waals surface area contributed by atoms with E-state index in [0.717, 1.165) is 33.9 Å². The van der Waals surface area contributed by atoms with Crippen LogP contribution < -0.4 is 4.90 Å². The highest BCUT2D eigenvalue weighted by Crippen LogP contribution is 2.39. The second-order valence-corrected chi connectivity index (χ2v) is 13.1. The molecule has 2 heteroatoms. The molecule has 2 nitrogen and oxygen atoms in total. The molecule has 52 heavy (non-hydrogen) atoms. The van der Waals surface area contributed by atoms with Gasteiger partial charge in [-0.05, 0) is 99.6 Å². The van der Waals surface area contributed by atoms with Gasteiger partial charge >= 0.3 is 0 Å². The maximum atomic E-state index is 2.38. The number of anilines is 3. The molecular weight excluding hydrogens is 629 g/mol. The van der Waals surface area contributed by atoms with E-state index in [4.69, 9.17) is 0 Å². The monoisotopic (exact) mass is 664 g/mol. The lowest BCUT2D eigenvalue weighted by molar-refractivity contribution is 1.13. The van der Waals surface area contributed by atoms with E-state index < -0.39 is 0 Å². The van der Waals surface area contributed by atoms with Gasteiger partial charge in [-0.3, -0.25) is 0 Å². The Morgan fingerprint density at radius 1 is 0.288 bits per heavy atom. The van der Waals surface area contributed by atoms with E-state index in [1.807, 2.05) is 0 Å². The summed E-state index contributed by atoms with van der Waals surface area (Å²) in [5, 5.41) is 1.22. The SMILES string of the molecule is c1ccc(-c2ccc(N(c3ccc(-c4ccccc4)cc3)c3cccc(-c4cccc(-n5c(-c6ccccc6)cc6ccccc65)c4)c3)cc2)cc1. The molecule has 0 bridgehead atoms. The molecular formula is C50H36N2. The van der Waals surface area contributed by atoms with Crippen molar-refractivity contribution in [1.82, 2.24) is 4.57 Å². The molecule has 1 aromatic heterocycles. The molecule has 0 unspecified atom stereocenters. The maximum Gasteiger partial charge on any atom is 0.0540 e. The van der Waals surface area contributed by atoms with Gasteiger partial charge in [-0.1, -0.05) is 158 Å². The Kier molecular flexibility index (Phi) is 8.24. The molecule has 0 radical (unpaired) electrons. The van der Waals surface area contributed by atoms with Gasteiger partial charge in [0.15, 0.2) is 0 Å². The van der Waals surface area contributed by atoms with Crippen LogP contribution in [-0.4, -0.2) is 4.57 Å². The first-order valence-corrected chi connectivity index (χ1v) is 17.8. The summed E-state index contributed by atoms with van der Waals surface area (Å²) in [7, 11) is 0. The van der Waals surface area contributed by atoms with Crippen molar-refractivity contribution >= 4 is 28.0 Å². The van der Waals surface area contributed by atoms with Crippen LogP contribution in [0.3, 0.4) is 0 Å². The first kappa shape index (κ1) is 31.1. The first-order valence-electron chi connectivity index (χ1n) is 17.8. The Labute approximate surface area is 305 Å². The van der Waals surface area contributed by atoms with Crippen molar-refractivity contribution in [3.05, 3.63) is 218 Å². The number of benzene rings is 8. The number of hydrogen-bond donors (Lipinski definition) is 0. The lowest BCUT2D eigenvalue weighted by atomic mass is 10.0. The zero-order valence-electron chi connectivity index (χ0n) is 28.7. The molecule has 0 saturated heterocycles. The van der Waals surface area contributed by atoms with E-state index in [1.165, 1.54) is 44.4 Å². The number of fused-ring (bicyclic) bond motifs is 1. The summed E-state index contributed by atoms with van der Waals surface area (Å²) >= 11 is 0. The second-order valence-electron chi connectivity index (χ2n) is 13.1. The zero-order chi connectivity index (χ0) is 34.7. The quantitative estimate of drug-likeness (QED) is 0.157. The minimum absolute atomic E-state index is 1.10. The van der Waals surface area contributed by atoms with Crippen LogP contribution >= 0.6 is 0 Å². The fraction of sp³-hybridized carbons (Fsp3) is 0. The van der Waals surface area contributed by atoms with Gasteiger partial charge in [0, 0.05) is 28.1 Å². The fourth-order valence-corrected chi connectivity index (χ4v) is 7.22. The summed E-state index contributed by atoms with van der Waals surface area (Å²) in [6.45, 7) is 0. The molecule has 8 aromatic carbocycles. The number of nitrogens with zero attached hydrogens (tertiary/aromatic N) is 2. The maximum absolute atomic E-state index is 2.38. The third-order valence-corrected chi connectivity index (χ3v) is 9.79. The largest absolute Gasteiger partial charge is 0.310 e. The van der Waals surface area contributed by atoms with Crippen molar-refractivity contribution in [2.75, 3.05) is 4.90 Å². The molecule has 0 aliphatic rings. The molecule has 0 aliphatic carbocycles. The Hall–Kier alpha value is -6.90. The van der Waals surface area contributed by atoms with Crippen LogP contribution in [0, 0.1) is 0 Å². The van der Waals surface area contributed by atoms with Gasteiger partial charge in [-0.15, -0.1) is 0 Å². The highest BCUT2D eigenvalue weighted by molar-refractivity contribution is 5.90. The molecule has 246 valence electrons. The summed E-state index contributed by atoms with van der Waals surface area (Å²) < 4.78 is 2.38. The molecule has 0 atom stereocenters. The van der Waals surface area contributed by atoms with E-state index in [2.05, 4.69) is 228 Å². The van der Waals surface area contributed by atoms with Crippen LogP contribution in [0.5, 0.6) is 0 Å². The second kappa shape index (κ2) is 13.8. The average Bonchev–Trinajstić information content (AvgIpc) is 3.63. The number of rotatable bonds is 8. The molecule has 0 N–H and O–H groups in total. The third-order valence-electron chi connectivity index (χ3n) is 9.79. The van der Waals surface area contributed by atoms with Gasteiger partial charge in [0.2, 0.25) is 0 Å². The lowest BCUT2D eigenvalue weighted by Crippen LogP contribution is -2.10. The highest BCUT2D eigenvalue weighted by atomic mass is 15.1. The Morgan fingerprint density at radius 3 is 1.35 bits per heavy atom. The Morgan fingerprint density at radius 2 is 0.750 bits per heavy atom. The summed E-state index contributed by atoms with van der Waals surface area (Å²) in [5.74, 6) is 0. The molecule has 0 spiro atoms. The van der Waals surface area contributed by atoms with Crippen molar-refractivity contribution in [2.45, 2.75) is 0 Å². The standard InChI is InChI=1S/C50H36N2/c1-4-14-37(15-5-1)39-26-30-45(31-27-39)51(46-32-28-40(29-33-46)38-16-6-2-7-17-38)47-23-12-21-42(34-47)43-22-13-24-48(35-43)52-49-25-11-10-20-44(49)36-50(52)41-18-8-3-9-19-41/h1-36H.